The van der Waals surface area contributed by atoms with E-state index in [1.807, 2.05) is 19.9 Å². The molecule has 1 aromatic carbocycles. The van der Waals surface area contributed by atoms with Crippen LogP contribution in [0.4, 0.5) is 0 Å². The van der Waals surface area contributed by atoms with E-state index < -0.39 is 40.0 Å². The third-order valence-electron chi connectivity index (χ3n) is 12.0. The lowest BCUT2D eigenvalue weighted by molar-refractivity contribution is -0.280. The fourth-order valence-corrected chi connectivity index (χ4v) is 9.66. The highest BCUT2D eigenvalue weighted by Crippen LogP contribution is 2.72. The van der Waals surface area contributed by atoms with Crippen molar-refractivity contribution in [3.63, 3.8) is 0 Å². The molecule has 0 radical (unpaired) electrons. The van der Waals surface area contributed by atoms with Crippen LogP contribution in [-0.2, 0) is 40.4 Å². The Labute approximate surface area is 245 Å². The van der Waals surface area contributed by atoms with E-state index in [-0.39, 0.29) is 24.2 Å². The molecule has 4 heterocycles. The molecule has 42 heavy (non-hydrogen) atoms. The normalized spacial score (nSPS) is 41.6. The van der Waals surface area contributed by atoms with Gasteiger partial charge in [0.1, 0.15) is 17.8 Å². The van der Waals surface area contributed by atoms with Gasteiger partial charge in [-0.05, 0) is 56.7 Å². The highest BCUT2D eigenvalue weighted by atomic mass is 16.8. The second-order valence-corrected chi connectivity index (χ2v) is 14.2. The molecule has 1 aromatic heterocycles. The Kier molecular flexibility index (Phi) is 5.49. The Bertz CT molecular complexity index is 1540. The maximum atomic E-state index is 13.5. The summed E-state index contributed by atoms with van der Waals surface area (Å²) in [5.41, 5.74) is 0.311. The maximum Gasteiger partial charge on any atom is 0.248 e. The first kappa shape index (κ1) is 27.0. The molecule has 7 atom stereocenters. The van der Waals surface area contributed by atoms with E-state index in [2.05, 4.69) is 37.0 Å². The second kappa shape index (κ2) is 8.54. The zero-order chi connectivity index (χ0) is 29.3. The van der Waals surface area contributed by atoms with Crippen LogP contribution in [0.2, 0.25) is 0 Å². The van der Waals surface area contributed by atoms with Crippen molar-refractivity contribution in [3.8, 4) is 0 Å². The number of amides is 1. The smallest absolute Gasteiger partial charge is 0.248 e. The SMILES string of the molecule is CC1(C)OC23CC[C@]4(C)[C@@]5(C)c6[nH]c7ccccc7c6C[C@@H]5C[C@H](OCC(=O)N5CCOCC5)[C@@]4(O)C2=CC(=O)[C@@H]1O3. The molecule has 2 bridgehead atoms. The predicted octanol–water partition coefficient (Wildman–Crippen LogP) is 3.18. The van der Waals surface area contributed by atoms with Crippen molar-refractivity contribution >= 4 is 22.6 Å². The number of hydrogen-bond acceptors (Lipinski definition) is 7. The number of aliphatic hydroxyl groups is 1. The number of H-pyrrole nitrogens is 1. The first-order valence-corrected chi connectivity index (χ1v) is 15.4. The maximum absolute atomic E-state index is 13.5. The van der Waals surface area contributed by atoms with Gasteiger partial charge >= 0.3 is 0 Å². The summed E-state index contributed by atoms with van der Waals surface area (Å²) in [5, 5.41) is 14.6. The third-order valence-corrected chi connectivity index (χ3v) is 12.0. The van der Waals surface area contributed by atoms with Gasteiger partial charge in [-0.3, -0.25) is 9.59 Å². The molecule has 3 aliphatic heterocycles. The van der Waals surface area contributed by atoms with Gasteiger partial charge in [-0.15, -0.1) is 0 Å². The quantitative estimate of drug-likeness (QED) is 0.578. The number of fused-ring (bicyclic) bond motifs is 9. The molecule has 8 rings (SSSR count). The van der Waals surface area contributed by atoms with Crippen LogP contribution >= 0.6 is 0 Å². The summed E-state index contributed by atoms with van der Waals surface area (Å²) >= 11 is 0. The minimum absolute atomic E-state index is 0.117. The Hall–Kier alpha value is -2.56. The number of morpholine rings is 1. The van der Waals surface area contributed by atoms with Crippen LogP contribution in [0.3, 0.4) is 0 Å². The van der Waals surface area contributed by atoms with Gasteiger partial charge in [0.2, 0.25) is 5.91 Å². The van der Waals surface area contributed by atoms with E-state index in [0.29, 0.717) is 51.1 Å². The highest BCUT2D eigenvalue weighted by Gasteiger charge is 2.78. The zero-order valence-electron chi connectivity index (χ0n) is 24.8. The lowest BCUT2D eigenvalue weighted by Crippen LogP contribution is -2.75. The van der Waals surface area contributed by atoms with Gasteiger partial charge in [0.05, 0.1) is 19.3 Å². The number of aromatic nitrogens is 1. The fraction of sp³-hybridized carbons (Fsp3) is 0.636. The number of benzene rings is 1. The van der Waals surface area contributed by atoms with E-state index in [1.165, 1.54) is 10.9 Å². The number of ether oxygens (including phenoxy) is 4. The van der Waals surface area contributed by atoms with Crippen LogP contribution in [0.5, 0.6) is 0 Å². The number of para-hydroxylation sites is 1. The molecule has 1 unspecified atom stereocenters. The molecular formula is C33H40N2O7. The first-order valence-electron chi connectivity index (χ1n) is 15.4. The lowest BCUT2D eigenvalue weighted by atomic mass is 9.41. The van der Waals surface area contributed by atoms with E-state index in [9.17, 15) is 14.7 Å². The molecule has 224 valence electrons. The summed E-state index contributed by atoms with van der Waals surface area (Å²) in [5.74, 6) is -1.36. The molecule has 3 aliphatic carbocycles. The molecule has 2 saturated heterocycles. The minimum atomic E-state index is -1.62. The number of hydrogen-bond donors (Lipinski definition) is 2. The Balaban J connectivity index is 1.26. The number of carbonyl (C=O) groups excluding carboxylic acids is 2. The van der Waals surface area contributed by atoms with Gasteiger partial charge in [0, 0.05) is 52.5 Å². The van der Waals surface area contributed by atoms with Crippen molar-refractivity contribution in [2.75, 3.05) is 32.9 Å². The molecule has 1 spiro atoms. The standard InChI is InChI=1S/C33H40N2O7/c1-29(2)28-23(36)17-24-32(41-28,42-29)10-9-30(3)31(4)19(15-21-20-7-5-6-8-22(20)34-27(21)31)16-25(33(24,30)38)40-18-26(37)35-11-13-39-14-12-35/h5-8,17,19,25,28,34,38H,9-16,18H2,1-4H3/t19-,25+,28+,30-,31-,32?,33+/m1/s1. The first-order chi connectivity index (χ1) is 19.9. The highest BCUT2D eigenvalue weighted by molar-refractivity contribution is 5.97. The van der Waals surface area contributed by atoms with Crippen LogP contribution in [0, 0.1) is 11.3 Å². The second-order valence-electron chi connectivity index (χ2n) is 14.2. The van der Waals surface area contributed by atoms with Gasteiger partial charge in [-0.25, -0.2) is 0 Å². The fourth-order valence-electron chi connectivity index (χ4n) is 9.66. The Morgan fingerprint density at radius 1 is 1.14 bits per heavy atom. The largest absolute Gasteiger partial charge is 0.382 e. The summed E-state index contributed by atoms with van der Waals surface area (Å²) in [6.07, 6.45) is 2.62. The molecule has 4 fully saturated rings. The van der Waals surface area contributed by atoms with Gasteiger partial charge < -0.3 is 33.9 Å². The van der Waals surface area contributed by atoms with Crippen molar-refractivity contribution in [1.82, 2.24) is 9.88 Å². The average molecular weight is 577 g/mol. The molecule has 9 nitrogen and oxygen atoms in total. The molecule has 2 N–H and O–H groups in total. The summed E-state index contributed by atoms with van der Waals surface area (Å²) in [6, 6.07) is 8.37. The topological polar surface area (TPSA) is 110 Å². The van der Waals surface area contributed by atoms with Crippen LogP contribution in [0.1, 0.15) is 58.2 Å². The van der Waals surface area contributed by atoms with Crippen molar-refractivity contribution in [1.29, 1.82) is 0 Å². The van der Waals surface area contributed by atoms with Crippen LogP contribution in [-0.4, -0.2) is 88.8 Å². The molecular weight excluding hydrogens is 536 g/mol. The van der Waals surface area contributed by atoms with E-state index >= 15 is 0 Å². The van der Waals surface area contributed by atoms with Crippen LogP contribution < -0.4 is 0 Å². The monoisotopic (exact) mass is 576 g/mol. The zero-order valence-corrected chi connectivity index (χ0v) is 24.8. The van der Waals surface area contributed by atoms with Crippen LogP contribution in [0.15, 0.2) is 35.9 Å². The number of carbonyl (C=O) groups is 2. The average Bonchev–Trinajstić information content (AvgIpc) is 3.56. The number of ketones is 1. The van der Waals surface area contributed by atoms with Crippen molar-refractivity contribution in [3.05, 3.63) is 47.2 Å². The van der Waals surface area contributed by atoms with E-state index in [4.69, 9.17) is 18.9 Å². The lowest BCUT2D eigenvalue weighted by Gasteiger charge is -2.67. The van der Waals surface area contributed by atoms with E-state index in [1.54, 1.807) is 11.0 Å². The molecule has 2 aromatic rings. The Morgan fingerprint density at radius 3 is 2.69 bits per heavy atom. The summed E-state index contributed by atoms with van der Waals surface area (Å²) < 4.78 is 25.0. The number of nitrogens with zero attached hydrogens (tertiary/aromatic N) is 1. The number of rotatable bonds is 3. The number of nitrogens with one attached hydrogen (secondary N) is 1. The van der Waals surface area contributed by atoms with Crippen molar-refractivity contribution in [2.24, 2.45) is 11.3 Å². The summed E-state index contributed by atoms with van der Waals surface area (Å²) in [4.78, 5) is 32.3. The van der Waals surface area contributed by atoms with Crippen molar-refractivity contribution in [2.45, 2.75) is 88.0 Å². The molecule has 6 aliphatic rings. The van der Waals surface area contributed by atoms with Gasteiger partial charge in [-0.1, -0.05) is 32.0 Å². The predicted molar refractivity (Wildman–Crippen MR) is 153 cm³/mol. The van der Waals surface area contributed by atoms with Gasteiger partial charge in [0.25, 0.3) is 0 Å². The molecule has 2 saturated carbocycles. The Morgan fingerprint density at radius 2 is 1.90 bits per heavy atom. The number of aromatic amines is 1. The minimum Gasteiger partial charge on any atom is -0.382 e. The molecule has 9 heteroatoms. The van der Waals surface area contributed by atoms with Crippen molar-refractivity contribution < 1.29 is 33.6 Å². The third kappa shape index (κ3) is 3.16. The summed E-state index contributed by atoms with van der Waals surface area (Å²) in [7, 11) is 0. The van der Waals surface area contributed by atoms with Gasteiger partial charge in [0.15, 0.2) is 17.7 Å². The van der Waals surface area contributed by atoms with Gasteiger partial charge in [-0.2, -0.15) is 0 Å². The molecule has 1 amide bonds. The summed E-state index contributed by atoms with van der Waals surface area (Å²) in [6.45, 7) is 10.1. The van der Waals surface area contributed by atoms with E-state index in [0.717, 1.165) is 17.6 Å². The van der Waals surface area contributed by atoms with Crippen LogP contribution in [0.25, 0.3) is 10.9 Å².